The number of nitrogens with one attached hydrogen (secondary N) is 1. The lowest BCUT2D eigenvalue weighted by Crippen LogP contribution is -2.28. The molecule has 0 bridgehead atoms. The molecule has 0 aliphatic heterocycles. The fourth-order valence-corrected chi connectivity index (χ4v) is 2.22. The minimum atomic E-state index is 0.329. The van der Waals surface area contributed by atoms with Gasteiger partial charge >= 0.3 is 0 Å². The summed E-state index contributed by atoms with van der Waals surface area (Å²) >= 11 is 6.20. The van der Waals surface area contributed by atoms with Gasteiger partial charge in [-0.1, -0.05) is 38.4 Å². The zero-order valence-corrected chi connectivity index (χ0v) is 12.6. The van der Waals surface area contributed by atoms with Crippen LogP contribution < -0.4 is 5.32 Å². The highest BCUT2D eigenvalue weighted by molar-refractivity contribution is 6.35. The summed E-state index contributed by atoms with van der Waals surface area (Å²) in [5.41, 5.74) is 2.53. The van der Waals surface area contributed by atoms with Crippen LogP contribution in [0, 0.1) is 5.41 Å². The third kappa shape index (κ3) is 3.46. The molecule has 1 N–H and O–H groups in total. The lowest BCUT2D eigenvalue weighted by atomic mass is 9.90. The standard InChI is InChI=1S/C16H21ClN2/c1-4-16(2,3)11-18-10-12-7-8-14(17)13-6-5-9-19-15(12)13/h5-9,18H,4,10-11H2,1-3H3. The Bertz CT molecular complexity index is 564. The average molecular weight is 277 g/mol. The van der Waals surface area contributed by atoms with Crippen molar-refractivity contribution >= 4 is 22.5 Å². The van der Waals surface area contributed by atoms with E-state index in [4.69, 9.17) is 11.6 Å². The molecule has 2 rings (SSSR count). The molecule has 3 heteroatoms. The van der Waals surface area contributed by atoms with E-state index in [2.05, 4.69) is 37.1 Å². The number of aromatic nitrogens is 1. The van der Waals surface area contributed by atoms with E-state index >= 15 is 0 Å². The van der Waals surface area contributed by atoms with Crippen molar-refractivity contribution in [1.29, 1.82) is 0 Å². The summed E-state index contributed by atoms with van der Waals surface area (Å²) in [5.74, 6) is 0. The number of halogens is 1. The van der Waals surface area contributed by atoms with Crippen LogP contribution in [0.3, 0.4) is 0 Å². The maximum atomic E-state index is 6.20. The second-order valence-electron chi connectivity index (χ2n) is 5.73. The fourth-order valence-electron chi connectivity index (χ4n) is 2.00. The summed E-state index contributed by atoms with van der Waals surface area (Å²) in [6.07, 6.45) is 2.98. The average Bonchev–Trinajstić information content (AvgIpc) is 2.42. The van der Waals surface area contributed by atoms with Crippen molar-refractivity contribution in [1.82, 2.24) is 10.3 Å². The Hall–Kier alpha value is -1.12. The summed E-state index contributed by atoms with van der Waals surface area (Å²) in [6, 6.07) is 7.95. The lowest BCUT2D eigenvalue weighted by Gasteiger charge is -2.23. The molecule has 0 saturated carbocycles. The quantitative estimate of drug-likeness (QED) is 0.875. The first-order valence-electron chi connectivity index (χ1n) is 6.76. The molecule has 0 aliphatic rings. The van der Waals surface area contributed by atoms with E-state index in [1.165, 1.54) is 12.0 Å². The van der Waals surface area contributed by atoms with E-state index in [-0.39, 0.29) is 0 Å². The summed E-state index contributed by atoms with van der Waals surface area (Å²) in [4.78, 5) is 4.45. The second-order valence-corrected chi connectivity index (χ2v) is 6.13. The van der Waals surface area contributed by atoms with Crippen LogP contribution >= 0.6 is 11.6 Å². The van der Waals surface area contributed by atoms with Gasteiger partial charge in [-0.2, -0.15) is 0 Å². The number of benzene rings is 1. The molecule has 0 saturated heterocycles. The largest absolute Gasteiger partial charge is 0.312 e. The molecule has 2 nitrogen and oxygen atoms in total. The highest BCUT2D eigenvalue weighted by atomic mass is 35.5. The first-order valence-corrected chi connectivity index (χ1v) is 7.14. The maximum absolute atomic E-state index is 6.20. The van der Waals surface area contributed by atoms with E-state index < -0.39 is 0 Å². The Morgan fingerprint density at radius 3 is 2.79 bits per heavy atom. The van der Waals surface area contributed by atoms with Gasteiger partial charge in [0, 0.05) is 29.7 Å². The molecule has 0 amide bonds. The Morgan fingerprint density at radius 1 is 1.26 bits per heavy atom. The molecule has 1 heterocycles. The summed E-state index contributed by atoms with van der Waals surface area (Å²) in [6.45, 7) is 8.60. The third-order valence-corrected chi connectivity index (χ3v) is 4.01. The number of pyridine rings is 1. The molecular formula is C16H21ClN2. The molecule has 0 radical (unpaired) electrons. The summed E-state index contributed by atoms with van der Waals surface area (Å²) in [7, 11) is 0. The van der Waals surface area contributed by atoms with Crippen LogP contribution in [0.1, 0.15) is 32.8 Å². The van der Waals surface area contributed by atoms with Crippen LogP contribution in [0.2, 0.25) is 5.02 Å². The van der Waals surface area contributed by atoms with Gasteiger partial charge in [0.05, 0.1) is 5.52 Å². The minimum Gasteiger partial charge on any atom is -0.312 e. The monoisotopic (exact) mass is 276 g/mol. The van der Waals surface area contributed by atoms with Crippen LogP contribution in [0.15, 0.2) is 30.5 Å². The van der Waals surface area contributed by atoms with E-state index in [9.17, 15) is 0 Å². The van der Waals surface area contributed by atoms with Gasteiger partial charge in [-0.15, -0.1) is 0 Å². The predicted molar refractivity (Wildman–Crippen MR) is 82.5 cm³/mol. The van der Waals surface area contributed by atoms with Gasteiger partial charge in [-0.3, -0.25) is 4.98 Å². The minimum absolute atomic E-state index is 0.329. The fraction of sp³-hybridized carbons (Fsp3) is 0.438. The highest BCUT2D eigenvalue weighted by Crippen LogP contribution is 2.25. The zero-order chi connectivity index (χ0) is 13.9. The normalized spacial score (nSPS) is 12.0. The third-order valence-electron chi connectivity index (χ3n) is 3.68. The van der Waals surface area contributed by atoms with Crippen LogP contribution in [0.5, 0.6) is 0 Å². The first kappa shape index (κ1) is 14.3. The van der Waals surface area contributed by atoms with E-state index in [1.54, 1.807) is 0 Å². The van der Waals surface area contributed by atoms with Crippen molar-refractivity contribution in [2.75, 3.05) is 6.54 Å². The zero-order valence-electron chi connectivity index (χ0n) is 11.8. The van der Waals surface area contributed by atoms with E-state index in [0.717, 1.165) is 29.0 Å². The summed E-state index contributed by atoms with van der Waals surface area (Å²) in [5, 5.41) is 5.31. The Morgan fingerprint density at radius 2 is 2.05 bits per heavy atom. The molecule has 0 fully saturated rings. The molecule has 0 atom stereocenters. The van der Waals surface area contributed by atoms with Gasteiger partial charge < -0.3 is 5.32 Å². The molecule has 2 aromatic rings. The smallest absolute Gasteiger partial charge is 0.0761 e. The molecular weight excluding hydrogens is 256 g/mol. The van der Waals surface area contributed by atoms with E-state index in [1.807, 2.05) is 24.4 Å². The number of hydrogen-bond acceptors (Lipinski definition) is 2. The molecule has 19 heavy (non-hydrogen) atoms. The van der Waals surface area contributed by atoms with Crippen LogP contribution in [-0.2, 0) is 6.54 Å². The van der Waals surface area contributed by atoms with Crippen LogP contribution in [-0.4, -0.2) is 11.5 Å². The number of hydrogen-bond donors (Lipinski definition) is 1. The van der Waals surface area contributed by atoms with Crippen molar-refractivity contribution < 1.29 is 0 Å². The van der Waals surface area contributed by atoms with Crippen molar-refractivity contribution in [3.8, 4) is 0 Å². The van der Waals surface area contributed by atoms with Gasteiger partial charge in [-0.05, 0) is 35.6 Å². The van der Waals surface area contributed by atoms with Crippen molar-refractivity contribution in [3.05, 3.63) is 41.0 Å². The van der Waals surface area contributed by atoms with Crippen molar-refractivity contribution in [2.24, 2.45) is 5.41 Å². The molecule has 0 aliphatic carbocycles. The Labute approximate surface area is 120 Å². The van der Waals surface area contributed by atoms with Crippen molar-refractivity contribution in [2.45, 2.75) is 33.7 Å². The van der Waals surface area contributed by atoms with Gasteiger partial charge in [0.25, 0.3) is 0 Å². The molecule has 1 aromatic heterocycles. The van der Waals surface area contributed by atoms with Gasteiger partial charge in [-0.25, -0.2) is 0 Å². The summed E-state index contributed by atoms with van der Waals surface area (Å²) < 4.78 is 0. The van der Waals surface area contributed by atoms with Gasteiger partial charge in [0.1, 0.15) is 0 Å². The first-order chi connectivity index (χ1) is 9.03. The lowest BCUT2D eigenvalue weighted by molar-refractivity contribution is 0.328. The molecule has 0 unspecified atom stereocenters. The topological polar surface area (TPSA) is 24.9 Å². The SMILES string of the molecule is CCC(C)(C)CNCc1ccc(Cl)c2cccnc12. The number of fused-ring (bicyclic) bond motifs is 1. The Balaban J connectivity index is 2.16. The number of nitrogens with zero attached hydrogens (tertiary/aromatic N) is 1. The Kier molecular flexibility index (Phi) is 4.43. The second kappa shape index (κ2) is 5.89. The van der Waals surface area contributed by atoms with Gasteiger partial charge in [0.15, 0.2) is 0 Å². The van der Waals surface area contributed by atoms with Crippen LogP contribution in [0.4, 0.5) is 0 Å². The maximum Gasteiger partial charge on any atom is 0.0761 e. The van der Waals surface area contributed by atoms with Crippen LogP contribution in [0.25, 0.3) is 10.9 Å². The number of rotatable bonds is 5. The predicted octanol–water partition coefficient (Wildman–Crippen LogP) is 4.41. The van der Waals surface area contributed by atoms with Gasteiger partial charge in [0.2, 0.25) is 0 Å². The molecule has 0 spiro atoms. The molecule has 102 valence electrons. The highest BCUT2D eigenvalue weighted by Gasteiger charge is 2.14. The molecule has 1 aromatic carbocycles. The van der Waals surface area contributed by atoms with E-state index in [0.29, 0.717) is 5.41 Å². The van der Waals surface area contributed by atoms with Crippen molar-refractivity contribution in [3.63, 3.8) is 0 Å².